The molecule has 0 bridgehead atoms. The molecule has 0 heterocycles. The van der Waals surface area contributed by atoms with Crippen molar-refractivity contribution in [1.82, 2.24) is 10.6 Å². The van der Waals surface area contributed by atoms with Gasteiger partial charge in [0.05, 0.1) is 0 Å². The van der Waals surface area contributed by atoms with Gasteiger partial charge in [0.15, 0.2) is 0 Å². The largest absolute Gasteiger partial charge is 0.491 e. The van der Waals surface area contributed by atoms with Gasteiger partial charge >= 0.3 is 0 Å². The Labute approximate surface area is 141 Å². The molecule has 132 valence electrons. The fraction of sp³-hybridized carbons (Fsp3) is 0.412. The predicted molar refractivity (Wildman–Crippen MR) is 92.1 cm³/mol. The number of nitrogens with two attached hydrogens (primary N) is 1. The van der Waals surface area contributed by atoms with E-state index in [9.17, 15) is 14.7 Å². The third-order valence-corrected chi connectivity index (χ3v) is 3.09. The fourth-order valence-electron chi connectivity index (χ4n) is 1.89. The lowest BCUT2D eigenvalue weighted by molar-refractivity contribution is -0.119. The number of carbonyl (C=O) groups is 2. The molecule has 1 aromatic carbocycles. The lowest BCUT2D eigenvalue weighted by Crippen LogP contribution is -2.38. The minimum absolute atomic E-state index is 0.0909. The molecule has 0 aliphatic heterocycles. The third-order valence-electron chi connectivity index (χ3n) is 3.09. The van der Waals surface area contributed by atoms with Crippen LogP contribution in [-0.4, -0.2) is 42.2 Å². The topological polar surface area (TPSA) is 114 Å². The number of primary amides is 1. The lowest BCUT2D eigenvalue weighted by atomic mass is 10.2. The number of nitrogens with one attached hydrogen (secondary N) is 2. The molecule has 2 unspecified atom stereocenters. The van der Waals surface area contributed by atoms with Gasteiger partial charge in [-0.05, 0) is 30.7 Å². The molecule has 1 rings (SSSR count). The first-order valence-corrected chi connectivity index (χ1v) is 7.73. The highest BCUT2D eigenvalue weighted by Gasteiger charge is 2.09. The van der Waals surface area contributed by atoms with Crippen molar-refractivity contribution in [2.75, 3.05) is 13.2 Å². The van der Waals surface area contributed by atoms with Crippen molar-refractivity contribution in [3.63, 3.8) is 0 Å². The smallest absolute Gasteiger partial charge is 0.220 e. The van der Waals surface area contributed by atoms with E-state index in [1.54, 1.807) is 24.4 Å². The Morgan fingerprint density at radius 3 is 2.58 bits per heavy atom. The minimum Gasteiger partial charge on any atom is -0.491 e. The normalized spacial score (nSPS) is 13.5. The lowest BCUT2D eigenvalue weighted by Gasteiger charge is -2.16. The molecule has 1 aromatic rings. The van der Waals surface area contributed by atoms with E-state index in [1.807, 2.05) is 19.1 Å². The monoisotopic (exact) mass is 335 g/mol. The Morgan fingerprint density at radius 1 is 1.33 bits per heavy atom. The molecule has 24 heavy (non-hydrogen) atoms. The quantitative estimate of drug-likeness (QED) is 0.494. The summed E-state index contributed by atoms with van der Waals surface area (Å²) in [6, 6.07) is 7.15. The summed E-state index contributed by atoms with van der Waals surface area (Å²) in [4.78, 5) is 21.5. The maximum absolute atomic E-state index is 10.8. The summed E-state index contributed by atoms with van der Waals surface area (Å²) in [7, 11) is 0. The molecule has 0 aliphatic rings. The molecule has 0 spiro atoms. The molecular formula is C17H25N3O4. The number of aliphatic hydroxyl groups excluding tert-OH is 1. The Bertz CT molecular complexity index is 557. The predicted octanol–water partition coefficient (Wildman–Crippen LogP) is 0.387. The van der Waals surface area contributed by atoms with Gasteiger partial charge in [0.25, 0.3) is 0 Å². The minimum atomic E-state index is -0.695. The first-order chi connectivity index (χ1) is 11.4. The van der Waals surface area contributed by atoms with Gasteiger partial charge in [0, 0.05) is 32.1 Å². The van der Waals surface area contributed by atoms with Crippen LogP contribution < -0.4 is 21.1 Å². The first kappa shape index (κ1) is 19.7. The SMILES string of the molecule is CC(=O)NC=Cc1ccc(OCC(O)CNC(C)CC(N)=O)cc1. The summed E-state index contributed by atoms with van der Waals surface area (Å²) in [5, 5.41) is 15.4. The molecule has 5 N–H and O–H groups in total. The number of hydrogen-bond donors (Lipinski definition) is 4. The molecule has 0 aliphatic carbocycles. The van der Waals surface area contributed by atoms with E-state index in [-0.39, 0.29) is 30.9 Å². The highest BCUT2D eigenvalue weighted by molar-refractivity contribution is 5.75. The first-order valence-electron chi connectivity index (χ1n) is 7.73. The van der Waals surface area contributed by atoms with Gasteiger partial charge in [-0.25, -0.2) is 0 Å². The van der Waals surface area contributed by atoms with Crippen molar-refractivity contribution >= 4 is 17.9 Å². The second-order valence-corrected chi connectivity index (χ2v) is 5.55. The number of aliphatic hydroxyl groups is 1. The molecule has 0 fully saturated rings. The van der Waals surface area contributed by atoms with Crippen LogP contribution in [0.3, 0.4) is 0 Å². The van der Waals surface area contributed by atoms with Crippen LogP contribution in [-0.2, 0) is 9.59 Å². The zero-order valence-corrected chi connectivity index (χ0v) is 14.0. The number of hydrogen-bond acceptors (Lipinski definition) is 5. The summed E-state index contributed by atoms with van der Waals surface area (Å²) in [6.45, 7) is 3.71. The molecule has 7 nitrogen and oxygen atoms in total. The van der Waals surface area contributed by atoms with E-state index >= 15 is 0 Å². The van der Waals surface area contributed by atoms with Gasteiger partial charge in [-0.1, -0.05) is 12.1 Å². The number of ether oxygens (including phenoxy) is 1. The summed E-state index contributed by atoms with van der Waals surface area (Å²) < 4.78 is 5.50. The standard InChI is InChI=1S/C17H25N3O4/c1-12(9-17(18)23)20-10-15(22)11-24-16-5-3-14(4-6-16)7-8-19-13(2)21/h3-8,12,15,20,22H,9-11H2,1-2H3,(H2,18,23)(H,19,21). The molecule has 2 atom stereocenters. The Morgan fingerprint density at radius 2 is 2.00 bits per heavy atom. The van der Waals surface area contributed by atoms with Crippen LogP contribution in [0.15, 0.2) is 30.5 Å². The summed E-state index contributed by atoms with van der Waals surface area (Å²) in [5.41, 5.74) is 6.02. The van der Waals surface area contributed by atoms with E-state index < -0.39 is 6.10 Å². The number of rotatable bonds is 10. The van der Waals surface area contributed by atoms with Crippen LogP contribution in [0.25, 0.3) is 6.08 Å². The zero-order valence-electron chi connectivity index (χ0n) is 14.0. The van der Waals surface area contributed by atoms with E-state index in [0.29, 0.717) is 12.3 Å². The van der Waals surface area contributed by atoms with Gasteiger partial charge in [-0.3, -0.25) is 9.59 Å². The van der Waals surface area contributed by atoms with Crippen molar-refractivity contribution in [2.24, 2.45) is 5.73 Å². The van der Waals surface area contributed by atoms with Crippen LogP contribution in [0.2, 0.25) is 0 Å². The Hall–Kier alpha value is -2.38. The highest BCUT2D eigenvalue weighted by Crippen LogP contribution is 2.13. The van der Waals surface area contributed by atoms with Gasteiger partial charge in [0.2, 0.25) is 11.8 Å². The second kappa shape index (κ2) is 10.4. The van der Waals surface area contributed by atoms with Crippen molar-refractivity contribution in [3.8, 4) is 5.75 Å². The van der Waals surface area contributed by atoms with Crippen molar-refractivity contribution < 1.29 is 19.4 Å². The van der Waals surface area contributed by atoms with Crippen LogP contribution >= 0.6 is 0 Å². The van der Waals surface area contributed by atoms with Gasteiger partial charge < -0.3 is 26.2 Å². The van der Waals surface area contributed by atoms with Crippen LogP contribution in [0.5, 0.6) is 5.75 Å². The molecule has 0 saturated carbocycles. The van der Waals surface area contributed by atoms with Gasteiger partial charge in [0.1, 0.15) is 18.5 Å². The maximum Gasteiger partial charge on any atom is 0.220 e. The average molecular weight is 335 g/mol. The number of benzene rings is 1. The van der Waals surface area contributed by atoms with Crippen LogP contribution in [0.4, 0.5) is 0 Å². The number of amides is 2. The highest BCUT2D eigenvalue weighted by atomic mass is 16.5. The molecule has 7 heteroatoms. The van der Waals surface area contributed by atoms with Crippen molar-refractivity contribution in [3.05, 3.63) is 36.0 Å². The molecule has 0 saturated heterocycles. The number of carbonyl (C=O) groups excluding carboxylic acids is 2. The summed E-state index contributed by atoms with van der Waals surface area (Å²) in [6.07, 6.45) is 2.87. The third kappa shape index (κ3) is 8.92. The Kier molecular flexibility index (Phi) is 8.53. The van der Waals surface area contributed by atoms with E-state index in [4.69, 9.17) is 10.5 Å². The van der Waals surface area contributed by atoms with Crippen molar-refractivity contribution in [2.45, 2.75) is 32.4 Å². The maximum atomic E-state index is 10.8. The van der Waals surface area contributed by atoms with E-state index in [2.05, 4.69) is 10.6 Å². The summed E-state index contributed by atoms with van der Waals surface area (Å²) >= 11 is 0. The zero-order chi connectivity index (χ0) is 17.9. The van der Waals surface area contributed by atoms with E-state index in [1.165, 1.54) is 6.92 Å². The van der Waals surface area contributed by atoms with E-state index in [0.717, 1.165) is 5.56 Å². The fourth-order valence-corrected chi connectivity index (χ4v) is 1.89. The Balaban J connectivity index is 2.32. The molecule has 2 amide bonds. The van der Waals surface area contributed by atoms with Crippen molar-refractivity contribution in [1.29, 1.82) is 0 Å². The molecule has 0 radical (unpaired) electrons. The second-order valence-electron chi connectivity index (χ2n) is 5.55. The van der Waals surface area contributed by atoms with Crippen LogP contribution in [0.1, 0.15) is 25.8 Å². The average Bonchev–Trinajstić information content (AvgIpc) is 2.51. The summed E-state index contributed by atoms with van der Waals surface area (Å²) in [5.74, 6) is 0.128. The van der Waals surface area contributed by atoms with Crippen LogP contribution in [0, 0.1) is 0 Å². The molecular weight excluding hydrogens is 310 g/mol. The van der Waals surface area contributed by atoms with Gasteiger partial charge in [-0.15, -0.1) is 0 Å². The van der Waals surface area contributed by atoms with Gasteiger partial charge in [-0.2, -0.15) is 0 Å². The molecule has 0 aromatic heterocycles.